The van der Waals surface area contributed by atoms with Gasteiger partial charge in [0.2, 0.25) is 0 Å². The molecule has 2 aromatic rings. The normalized spacial score (nSPS) is 20.6. The van der Waals surface area contributed by atoms with Crippen LogP contribution in [0.3, 0.4) is 0 Å². The minimum Gasteiger partial charge on any atom is -0.494 e. The first-order valence-electron chi connectivity index (χ1n) is 7.47. The molecule has 1 aromatic carbocycles. The molecule has 0 saturated heterocycles. The lowest BCUT2D eigenvalue weighted by Gasteiger charge is -2.17. The smallest absolute Gasteiger partial charge is 0.149 e. The molecular formula is C17H23N3O. The molecule has 1 atom stereocenters. The summed E-state index contributed by atoms with van der Waals surface area (Å²) in [6.45, 7) is 4.66. The minimum absolute atomic E-state index is 0.422. The van der Waals surface area contributed by atoms with Crippen molar-refractivity contribution in [2.24, 2.45) is 5.41 Å². The van der Waals surface area contributed by atoms with Gasteiger partial charge in [0, 0.05) is 17.3 Å². The van der Waals surface area contributed by atoms with Gasteiger partial charge in [-0.25, -0.2) is 0 Å². The molecule has 1 aromatic heterocycles. The predicted molar refractivity (Wildman–Crippen MR) is 85.3 cm³/mol. The molecule has 112 valence electrons. The summed E-state index contributed by atoms with van der Waals surface area (Å²) in [6.07, 6.45) is 7.66. The van der Waals surface area contributed by atoms with Crippen LogP contribution in [0.4, 0.5) is 5.69 Å². The van der Waals surface area contributed by atoms with Gasteiger partial charge in [-0.05, 0) is 30.7 Å². The molecule has 1 unspecified atom stereocenters. The van der Waals surface area contributed by atoms with Crippen molar-refractivity contribution in [2.45, 2.75) is 39.2 Å². The highest BCUT2D eigenvalue weighted by atomic mass is 16.5. The zero-order valence-corrected chi connectivity index (χ0v) is 13.0. The number of benzene rings is 1. The molecule has 0 aliphatic heterocycles. The van der Waals surface area contributed by atoms with Crippen molar-refractivity contribution in [2.75, 3.05) is 12.8 Å². The van der Waals surface area contributed by atoms with Gasteiger partial charge in [-0.15, -0.1) is 0 Å². The van der Waals surface area contributed by atoms with Gasteiger partial charge in [0.25, 0.3) is 0 Å². The van der Waals surface area contributed by atoms with Crippen LogP contribution < -0.4 is 10.5 Å². The highest BCUT2D eigenvalue weighted by Crippen LogP contribution is 2.44. The lowest BCUT2D eigenvalue weighted by atomic mass is 9.92. The van der Waals surface area contributed by atoms with Gasteiger partial charge in [-0.1, -0.05) is 26.0 Å². The summed E-state index contributed by atoms with van der Waals surface area (Å²) in [5, 5.41) is 4.57. The summed E-state index contributed by atoms with van der Waals surface area (Å²) in [7, 11) is 1.65. The molecule has 1 saturated carbocycles. The van der Waals surface area contributed by atoms with Crippen LogP contribution in [0.1, 0.15) is 39.2 Å². The fraction of sp³-hybridized carbons (Fsp3) is 0.471. The molecule has 0 spiro atoms. The minimum atomic E-state index is 0.422. The van der Waals surface area contributed by atoms with E-state index in [4.69, 9.17) is 10.5 Å². The summed E-state index contributed by atoms with van der Waals surface area (Å²) >= 11 is 0. The van der Waals surface area contributed by atoms with Gasteiger partial charge in [0.15, 0.2) is 0 Å². The number of rotatable bonds is 3. The molecule has 0 amide bonds. The number of nitrogens with two attached hydrogens (primary N) is 1. The molecule has 1 heterocycles. The van der Waals surface area contributed by atoms with Crippen LogP contribution in [0.5, 0.6) is 5.75 Å². The Labute approximate surface area is 125 Å². The topological polar surface area (TPSA) is 53.1 Å². The Hall–Kier alpha value is -1.97. The second-order valence-electron chi connectivity index (χ2n) is 6.70. The third-order valence-electron chi connectivity index (χ3n) is 4.48. The van der Waals surface area contributed by atoms with E-state index in [1.807, 2.05) is 24.4 Å². The summed E-state index contributed by atoms with van der Waals surface area (Å²) < 4.78 is 7.54. The molecule has 0 bridgehead atoms. The maximum Gasteiger partial charge on any atom is 0.149 e. The van der Waals surface area contributed by atoms with Crippen LogP contribution >= 0.6 is 0 Å². The fourth-order valence-corrected chi connectivity index (χ4v) is 3.31. The first-order valence-corrected chi connectivity index (χ1v) is 7.47. The Morgan fingerprint density at radius 1 is 1.38 bits per heavy atom. The average Bonchev–Trinajstić information content (AvgIpc) is 3.04. The number of anilines is 1. The van der Waals surface area contributed by atoms with Crippen LogP contribution in [0, 0.1) is 5.41 Å². The van der Waals surface area contributed by atoms with E-state index in [1.165, 1.54) is 19.3 Å². The number of ether oxygens (including phenoxy) is 1. The van der Waals surface area contributed by atoms with Crippen LogP contribution in [0.2, 0.25) is 0 Å². The molecule has 2 N–H and O–H groups in total. The van der Waals surface area contributed by atoms with E-state index >= 15 is 0 Å². The van der Waals surface area contributed by atoms with Crippen molar-refractivity contribution in [1.82, 2.24) is 9.78 Å². The lowest BCUT2D eigenvalue weighted by Crippen LogP contribution is -2.09. The third kappa shape index (κ3) is 2.62. The standard InChI is InChI=1S/C17H23N3O/c1-17(2)8-7-13(9-17)20-11-12(10-19-20)14-5-4-6-15(18)16(14)21-3/h4-6,10-11,13H,7-9,18H2,1-3H3. The predicted octanol–water partition coefficient (Wildman–Crippen LogP) is 3.89. The van der Waals surface area contributed by atoms with E-state index in [9.17, 15) is 0 Å². The van der Waals surface area contributed by atoms with Gasteiger partial charge in [0.05, 0.1) is 25.0 Å². The van der Waals surface area contributed by atoms with Gasteiger partial charge in [0.1, 0.15) is 5.75 Å². The second-order valence-corrected chi connectivity index (χ2v) is 6.70. The Kier molecular flexibility index (Phi) is 3.40. The lowest BCUT2D eigenvalue weighted by molar-refractivity contribution is 0.350. The number of aromatic nitrogens is 2. The number of hydrogen-bond acceptors (Lipinski definition) is 3. The summed E-state index contributed by atoms with van der Waals surface area (Å²) in [4.78, 5) is 0. The molecule has 3 rings (SSSR count). The molecule has 4 heteroatoms. The molecule has 0 radical (unpaired) electrons. The summed E-state index contributed by atoms with van der Waals surface area (Å²) in [6, 6.07) is 6.32. The average molecular weight is 285 g/mol. The van der Waals surface area contributed by atoms with Crippen molar-refractivity contribution in [1.29, 1.82) is 0 Å². The van der Waals surface area contributed by atoms with E-state index in [1.54, 1.807) is 7.11 Å². The van der Waals surface area contributed by atoms with Crippen LogP contribution in [-0.4, -0.2) is 16.9 Å². The van der Waals surface area contributed by atoms with Gasteiger partial charge in [-0.3, -0.25) is 4.68 Å². The van der Waals surface area contributed by atoms with Crippen LogP contribution in [-0.2, 0) is 0 Å². The van der Waals surface area contributed by atoms with E-state index in [0.29, 0.717) is 17.1 Å². The Bertz CT molecular complexity index is 645. The fourth-order valence-electron chi connectivity index (χ4n) is 3.31. The van der Waals surface area contributed by atoms with Crippen LogP contribution in [0.15, 0.2) is 30.6 Å². The van der Waals surface area contributed by atoms with E-state index in [0.717, 1.165) is 16.9 Å². The second kappa shape index (κ2) is 5.10. The highest BCUT2D eigenvalue weighted by molar-refractivity contribution is 5.76. The molecular weight excluding hydrogens is 262 g/mol. The van der Waals surface area contributed by atoms with Crippen molar-refractivity contribution in [3.63, 3.8) is 0 Å². The Balaban J connectivity index is 1.91. The molecule has 1 aliphatic rings. The third-order valence-corrected chi connectivity index (χ3v) is 4.48. The van der Waals surface area contributed by atoms with Gasteiger partial charge in [-0.2, -0.15) is 5.10 Å². The maximum absolute atomic E-state index is 5.98. The number of para-hydroxylation sites is 1. The molecule has 1 aliphatic carbocycles. The summed E-state index contributed by atoms with van der Waals surface area (Å²) in [5.41, 5.74) is 9.12. The van der Waals surface area contributed by atoms with Crippen molar-refractivity contribution in [3.8, 4) is 16.9 Å². The SMILES string of the molecule is COc1c(N)cccc1-c1cnn(C2CCC(C)(C)C2)c1. The molecule has 21 heavy (non-hydrogen) atoms. The van der Waals surface area contributed by atoms with Gasteiger partial charge >= 0.3 is 0 Å². The Morgan fingerprint density at radius 2 is 2.19 bits per heavy atom. The number of nitrogens with zero attached hydrogens (tertiary/aromatic N) is 2. The largest absolute Gasteiger partial charge is 0.494 e. The van der Waals surface area contributed by atoms with E-state index in [2.05, 4.69) is 29.8 Å². The number of nitrogen functional groups attached to an aromatic ring is 1. The van der Waals surface area contributed by atoms with Crippen molar-refractivity contribution >= 4 is 5.69 Å². The highest BCUT2D eigenvalue weighted by Gasteiger charge is 2.32. The number of hydrogen-bond donors (Lipinski definition) is 1. The Morgan fingerprint density at radius 3 is 2.86 bits per heavy atom. The quantitative estimate of drug-likeness (QED) is 0.870. The zero-order chi connectivity index (χ0) is 15.0. The van der Waals surface area contributed by atoms with Gasteiger partial charge < -0.3 is 10.5 Å². The first-order chi connectivity index (χ1) is 10.00. The maximum atomic E-state index is 5.98. The molecule has 1 fully saturated rings. The van der Waals surface area contributed by atoms with Crippen LogP contribution in [0.25, 0.3) is 11.1 Å². The van der Waals surface area contributed by atoms with E-state index < -0.39 is 0 Å². The monoisotopic (exact) mass is 285 g/mol. The first kappa shape index (κ1) is 14.0. The van der Waals surface area contributed by atoms with Crippen molar-refractivity contribution < 1.29 is 4.74 Å². The zero-order valence-electron chi connectivity index (χ0n) is 13.0. The molecule has 4 nitrogen and oxygen atoms in total. The van der Waals surface area contributed by atoms with Crippen molar-refractivity contribution in [3.05, 3.63) is 30.6 Å². The summed E-state index contributed by atoms with van der Waals surface area (Å²) in [5.74, 6) is 0.726. The number of methoxy groups -OCH3 is 1. The van der Waals surface area contributed by atoms with E-state index in [-0.39, 0.29) is 0 Å².